The van der Waals surface area contributed by atoms with E-state index >= 15 is 0 Å². The summed E-state index contributed by atoms with van der Waals surface area (Å²) in [6.07, 6.45) is 1.34. The largest absolute Gasteiger partial charge is 0.383 e. The molecule has 20 heavy (non-hydrogen) atoms. The Morgan fingerprint density at radius 1 is 1.35 bits per heavy atom. The molecule has 8 heteroatoms. The molecule has 0 unspecified atom stereocenters. The van der Waals surface area contributed by atoms with Crippen molar-refractivity contribution in [2.24, 2.45) is 0 Å². The zero-order valence-electron chi connectivity index (χ0n) is 10.5. The van der Waals surface area contributed by atoms with Crippen molar-refractivity contribution in [3.8, 4) is 5.69 Å². The molecule has 3 aromatic rings. The molecule has 100 valence electrons. The monoisotopic (exact) mass is 270 g/mol. The Morgan fingerprint density at radius 2 is 2.15 bits per heavy atom. The Balaban J connectivity index is 2.28. The predicted molar refractivity (Wildman–Crippen MR) is 72.5 cm³/mol. The van der Waals surface area contributed by atoms with Gasteiger partial charge in [0.25, 0.3) is 5.69 Å². The van der Waals surface area contributed by atoms with E-state index in [2.05, 4.69) is 15.1 Å². The number of anilines is 1. The van der Waals surface area contributed by atoms with Crippen LogP contribution in [0, 0.1) is 17.0 Å². The van der Waals surface area contributed by atoms with E-state index in [1.807, 2.05) is 0 Å². The lowest BCUT2D eigenvalue weighted by molar-refractivity contribution is -0.384. The molecule has 2 N–H and O–H groups in total. The molecule has 1 aromatic carbocycles. The van der Waals surface area contributed by atoms with Gasteiger partial charge in [-0.3, -0.25) is 10.1 Å². The molecule has 0 spiro atoms. The third-order valence-corrected chi connectivity index (χ3v) is 2.95. The highest BCUT2D eigenvalue weighted by Gasteiger charge is 2.15. The Morgan fingerprint density at radius 3 is 2.90 bits per heavy atom. The SMILES string of the molecule is Cc1nn(-c2cccc([N+](=O)[O-])c2)c2ncnc(N)c12. The van der Waals surface area contributed by atoms with Crippen molar-refractivity contribution in [1.29, 1.82) is 0 Å². The predicted octanol–water partition coefficient (Wildman–Crippen LogP) is 1.61. The van der Waals surface area contributed by atoms with Crippen LogP contribution in [0.25, 0.3) is 16.7 Å². The molecule has 0 fully saturated rings. The minimum atomic E-state index is -0.453. The highest BCUT2D eigenvalue weighted by atomic mass is 16.6. The van der Waals surface area contributed by atoms with Crippen LogP contribution >= 0.6 is 0 Å². The average molecular weight is 270 g/mol. The molecule has 0 saturated heterocycles. The quantitative estimate of drug-likeness (QED) is 0.559. The lowest BCUT2D eigenvalue weighted by Crippen LogP contribution is -2.00. The molecule has 0 aliphatic heterocycles. The molecular formula is C12H10N6O2. The molecule has 8 nitrogen and oxygen atoms in total. The third kappa shape index (κ3) is 1.74. The Kier molecular flexibility index (Phi) is 2.56. The number of hydrogen-bond acceptors (Lipinski definition) is 6. The van der Waals surface area contributed by atoms with E-state index in [1.54, 1.807) is 19.1 Å². The van der Waals surface area contributed by atoms with E-state index in [4.69, 9.17) is 5.73 Å². The summed E-state index contributed by atoms with van der Waals surface area (Å²) < 4.78 is 1.52. The Bertz CT molecular complexity index is 826. The highest BCUT2D eigenvalue weighted by Crippen LogP contribution is 2.24. The average Bonchev–Trinajstić information content (AvgIpc) is 2.78. The molecule has 0 aliphatic rings. The molecular weight excluding hydrogens is 260 g/mol. The van der Waals surface area contributed by atoms with Crippen LogP contribution in [0.4, 0.5) is 11.5 Å². The van der Waals surface area contributed by atoms with E-state index in [9.17, 15) is 10.1 Å². The van der Waals surface area contributed by atoms with Gasteiger partial charge in [-0.2, -0.15) is 5.10 Å². The second-order valence-corrected chi connectivity index (χ2v) is 4.23. The minimum absolute atomic E-state index is 0.00849. The lowest BCUT2D eigenvalue weighted by Gasteiger charge is -2.02. The number of fused-ring (bicyclic) bond motifs is 1. The van der Waals surface area contributed by atoms with Gasteiger partial charge in [0.2, 0.25) is 0 Å². The second-order valence-electron chi connectivity index (χ2n) is 4.23. The maximum absolute atomic E-state index is 10.8. The summed E-state index contributed by atoms with van der Waals surface area (Å²) in [5.41, 5.74) is 7.55. The van der Waals surface area contributed by atoms with Crippen LogP contribution in [-0.2, 0) is 0 Å². The maximum Gasteiger partial charge on any atom is 0.271 e. The van der Waals surface area contributed by atoms with Crippen LogP contribution in [0.1, 0.15) is 5.69 Å². The second kappa shape index (κ2) is 4.26. The van der Waals surface area contributed by atoms with Crippen LogP contribution in [0.3, 0.4) is 0 Å². The molecule has 0 bridgehead atoms. The summed E-state index contributed by atoms with van der Waals surface area (Å²) in [5.74, 6) is 0.337. The number of rotatable bonds is 2. The van der Waals surface area contributed by atoms with E-state index in [-0.39, 0.29) is 5.69 Å². The van der Waals surface area contributed by atoms with Gasteiger partial charge < -0.3 is 5.73 Å². The number of nitro groups is 1. The summed E-state index contributed by atoms with van der Waals surface area (Å²) in [6, 6.07) is 6.17. The zero-order valence-corrected chi connectivity index (χ0v) is 10.5. The third-order valence-electron chi connectivity index (χ3n) is 2.95. The number of nitro benzene ring substituents is 1. The first-order valence-corrected chi connectivity index (χ1v) is 5.78. The lowest BCUT2D eigenvalue weighted by atomic mass is 10.3. The molecule has 3 rings (SSSR count). The molecule has 0 amide bonds. The molecule has 0 atom stereocenters. The molecule has 0 radical (unpaired) electrons. The van der Waals surface area contributed by atoms with E-state index in [0.717, 1.165) is 0 Å². The van der Waals surface area contributed by atoms with Crippen molar-refractivity contribution >= 4 is 22.5 Å². The van der Waals surface area contributed by atoms with Crippen molar-refractivity contribution in [3.63, 3.8) is 0 Å². The summed E-state index contributed by atoms with van der Waals surface area (Å²) in [5, 5.41) is 15.8. The van der Waals surface area contributed by atoms with Gasteiger partial charge in [-0.15, -0.1) is 0 Å². The van der Waals surface area contributed by atoms with Crippen LogP contribution in [-0.4, -0.2) is 24.7 Å². The number of non-ortho nitro benzene ring substituents is 1. The van der Waals surface area contributed by atoms with Crippen molar-refractivity contribution in [3.05, 3.63) is 46.4 Å². The van der Waals surface area contributed by atoms with Crippen molar-refractivity contribution in [2.75, 3.05) is 5.73 Å². The number of nitrogens with two attached hydrogens (primary N) is 1. The fraction of sp³-hybridized carbons (Fsp3) is 0.0833. The zero-order chi connectivity index (χ0) is 14.3. The topological polar surface area (TPSA) is 113 Å². The van der Waals surface area contributed by atoms with Crippen molar-refractivity contribution in [2.45, 2.75) is 6.92 Å². The number of benzene rings is 1. The molecule has 0 saturated carbocycles. The summed E-state index contributed by atoms with van der Waals surface area (Å²) in [7, 11) is 0. The molecule has 2 heterocycles. The van der Waals surface area contributed by atoms with Gasteiger partial charge >= 0.3 is 0 Å². The van der Waals surface area contributed by atoms with Crippen molar-refractivity contribution < 1.29 is 4.92 Å². The van der Waals surface area contributed by atoms with E-state index in [0.29, 0.717) is 28.2 Å². The summed E-state index contributed by atoms with van der Waals surface area (Å²) in [4.78, 5) is 18.5. The fourth-order valence-corrected chi connectivity index (χ4v) is 2.06. The number of aryl methyl sites for hydroxylation is 1. The summed E-state index contributed by atoms with van der Waals surface area (Å²) in [6.45, 7) is 1.79. The van der Waals surface area contributed by atoms with Gasteiger partial charge in [0.15, 0.2) is 5.65 Å². The smallest absolute Gasteiger partial charge is 0.271 e. The number of nitrogens with zero attached hydrogens (tertiary/aromatic N) is 5. The Labute approximate surface area is 113 Å². The van der Waals surface area contributed by atoms with Crippen LogP contribution in [0.5, 0.6) is 0 Å². The first kappa shape index (κ1) is 12.0. The first-order chi connectivity index (χ1) is 9.58. The van der Waals surface area contributed by atoms with Gasteiger partial charge in [-0.25, -0.2) is 14.6 Å². The first-order valence-electron chi connectivity index (χ1n) is 5.78. The molecule has 0 aliphatic carbocycles. The van der Waals surface area contributed by atoms with Gasteiger partial charge in [-0.1, -0.05) is 6.07 Å². The van der Waals surface area contributed by atoms with E-state index in [1.165, 1.54) is 23.1 Å². The highest BCUT2D eigenvalue weighted by molar-refractivity contribution is 5.88. The van der Waals surface area contributed by atoms with Crippen LogP contribution < -0.4 is 5.73 Å². The number of hydrogen-bond donors (Lipinski definition) is 1. The van der Waals surface area contributed by atoms with Gasteiger partial charge in [0.05, 0.1) is 21.7 Å². The number of aromatic nitrogens is 4. The van der Waals surface area contributed by atoms with Crippen LogP contribution in [0.15, 0.2) is 30.6 Å². The number of nitrogen functional groups attached to an aromatic ring is 1. The normalized spacial score (nSPS) is 10.8. The Hall–Kier alpha value is -3.03. The fourth-order valence-electron chi connectivity index (χ4n) is 2.06. The minimum Gasteiger partial charge on any atom is -0.383 e. The van der Waals surface area contributed by atoms with Gasteiger partial charge in [0.1, 0.15) is 12.1 Å². The summed E-state index contributed by atoms with van der Waals surface area (Å²) >= 11 is 0. The molecule has 2 aromatic heterocycles. The van der Waals surface area contributed by atoms with Crippen molar-refractivity contribution in [1.82, 2.24) is 19.7 Å². The van der Waals surface area contributed by atoms with Gasteiger partial charge in [-0.05, 0) is 13.0 Å². The van der Waals surface area contributed by atoms with Crippen LogP contribution in [0.2, 0.25) is 0 Å². The van der Waals surface area contributed by atoms with Gasteiger partial charge in [0, 0.05) is 12.1 Å². The van der Waals surface area contributed by atoms with E-state index < -0.39 is 4.92 Å². The standard InChI is InChI=1S/C12H10N6O2/c1-7-10-11(13)14-6-15-12(10)17(16-7)8-3-2-4-9(5-8)18(19)20/h2-6H,1H3,(H2,13,14,15). The maximum atomic E-state index is 10.8.